The molecular formula is C93H146N4Si4+4. The Morgan fingerprint density at radius 1 is 0.327 bits per heavy atom. The van der Waals surface area contributed by atoms with Gasteiger partial charge in [-0.05, 0) is 198 Å². The first kappa shape index (κ1) is 86.0. The first-order chi connectivity index (χ1) is 46.5. The summed E-state index contributed by atoms with van der Waals surface area (Å²) in [7, 11) is 3.22. The quantitative estimate of drug-likeness (QED) is 0.0534. The van der Waals surface area contributed by atoms with Crippen LogP contribution in [-0.2, 0) is 59.3 Å². The highest BCUT2D eigenvalue weighted by Gasteiger charge is 2.32. The Morgan fingerprint density at radius 2 is 0.624 bits per heavy atom. The van der Waals surface area contributed by atoms with Gasteiger partial charge < -0.3 is 0 Å². The van der Waals surface area contributed by atoms with Gasteiger partial charge >= 0.3 is 0 Å². The molecule has 8 aromatic rings. The summed E-state index contributed by atoms with van der Waals surface area (Å²) in [5.74, 6) is 3.98. The lowest BCUT2D eigenvalue weighted by Crippen LogP contribution is -2.45. The van der Waals surface area contributed by atoms with Gasteiger partial charge in [-0.15, -0.1) is 0 Å². The smallest absolute Gasteiger partial charge is 0.201 e. The van der Waals surface area contributed by atoms with Crippen molar-refractivity contribution in [2.45, 2.75) is 273 Å². The summed E-state index contributed by atoms with van der Waals surface area (Å²) < 4.78 is 9.36. The SMILES string of the molecule is CCC(CC)c1ccc(C)c(-c2cc([Si](C)(C)C)c(CC(C)C)c[n+]2C)c1.Cc1cc(C(C)C)ccc1-c1cc([Si](C)(C)C)c(CC(C)C)c[n+]1C.Cc1ccc(-c2cc([Si](C)(C)C)c(CC(C)C)c[n+]2C)c(C)c1.Cc1ccc(C(C)(C)C)cc1-c1cc([Si](C)(C)C)c(CC(C)C)c[n+]1C. The monoisotopic (exact) mass is 1430 g/mol. The highest BCUT2D eigenvalue weighted by Crippen LogP contribution is 2.33. The molecule has 4 aromatic heterocycles. The van der Waals surface area contributed by atoms with Gasteiger partial charge in [-0.3, -0.25) is 0 Å². The van der Waals surface area contributed by atoms with Crippen LogP contribution in [0.5, 0.6) is 0 Å². The molecular weight excluding hydrogens is 1290 g/mol. The van der Waals surface area contributed by atoms with Crippen molar-refractivity contribution < 1.29 is 18.3 Å². The van der Waals surface area contributed by atoms with Crippen molar-refractivity contribution in [3.8, 4) is 45.0 Å². The molecule has 0 aliphatic heterocycles. The van der Waals surface area contributed by atoms with Gasteiger partial charge in [0.25, 0.3) is 0 Å². The van der Waals surface area contributed by atoms with E-state index in [1.165, 1.54) is 138 Å². The maximum Gasteiger partial charge on any atom is 0.212 e. The van der Waals surface area contributed by atoms with Gasteiger partial charge in [-0.2, -0.15) is 0 Å². The van der Waals surface area contributed by atoms with Crippen LogP contribution in [0, 0.1) is 58.3 Å². The van der Waals surface area contributed by atoms with Crippen LogP contribution in [0.1, 0.15) is 195 Å². The first-order valence-electron chi connectivity index (χ1n) is 39.0. The van der Waals surface area contributed by atoms with Crippen molar-refractivity contribution in [1.82, 2.24) is 0 Å². The second-order valence-corrected chi connectivity index (χ2v) is 57.8. The highest BCUT2D eigenvalue weighted by atomic mass is 28.3. The number of hydrogen-bond acceptors (Lipinski definition) is 0. The number of benzene rings is 4. The molecule has 0 aliphatic rings. The van der Waals surface area contributed by atoms with Crippen molar-refractivity contribution in [3.63, 3.8) is 0 Å². The third kappa shape index (κ3) is 23.7. The van der Waals surface area contributed by atoms with E-state index in [2.05, 4.69) is 385 Å². The number of nitrogens with zero attached hydrogens (tertiary/aromatic N) is 4. The summed E-state index contributed by atoms with van der Waals surface area (Å²) >= 11 is 0. The molecule has 4 heterocycles. The molecule has 0 bridgehead atoms. The number of pyridine rings is 4. The largest absolute Gasteiger partial charge is 0.212 e. The predicted octanol–water partition coefficient (Wildman–Crippen LogP) is 21.6. The van der Waals surface area contributed by atoms with Crippen LogP contribution < -0.4 is 39.0 Å². The fourth-order valence-electron chi connectivity index (χ4n) is 14.8. The zero-order valence-electron chi connectivity index (χ0n) is 71.5. The molecule has 0 fully saturated rings. The van der Waals surface area contributed by atoms with Crippen molar-refractivity contribution in [3.05, 3.63) is 189 Å². The van der Waals surface area contributed by atoms with Gasteiger partial charge in [0.1, 0.15) is 28.2 Å². The number of rotatable bonds is 20. The molecule has 4 nitrogen and oxygen atoms in total. The molecule has 0 aliphatic carbocycles. The van der Waals surface area contributed by atoms with Crippen LogP contribution >= 0.6 is 0 Å². The molecule has 101 heavy (non-hydrogen) atoms. The topological polar surface area (TPSA) is 15.5 Å². The summed E-state index contributed by atoms with van der Waals surface area (Å²) in [5, 5.41) is 6.46. The molecule has 4 aromatic carbocycles. The standard InChI is InChI=1S/C25H40NSi.C24H38NSi.C23H36NSi.C21H32NSi/c1-10-20(11-2)21-13-12-19(5)23(15-21)24-16-25(27(7,8)9)22(14-18(3)4)17-26(24)6;1-17(2)13-19-16-25(7)22(15-23(19)26(8,9)10)21-14-20(24(4,5)6)12-11-18(21)3;1-16(2)12-20-15-24(6)22(14-23(20)25(7,8)9)21-11-10-19(17(3)4)13-18(21)5;1-15(2)11-18-14-22(5)20(13-21(18)23(6,7)8)19-10-9-16(3)12-17(19)4/h12-13,15-18,20H,10-11,14H2,1-9H3;11-12,14-17H,13H2,1-10H3;10-11,13-17H,12H2,1-9H3;9-10,12-15H,11H2,1-8H3/q4*+1. The van der Waals surface area contributed by atoms with Crippen LogP contribution in [0.2, 0.25) is 78.6 Å². The second-order valence-electron chi connectivity index (χ2n) is 37.6. The molecule has 8 heteroatoms. The average Bonchev–Trinajstić information content (AvgIpc) is 0.795. The molecule has 0 saturated heterocycles. The molecule has 0 unspecified atom stereocenters. The van der Waals surface area contributed by atoms with E-state index < -0.39 is 32.3 Å². The van der Waals surface area contributed by atoms with E-state index >= 15 is 0 Å². The Bertz CT molecular complexity index is 4080. The summed E-state index contributed by atoms with van der Waals surface area (Å²) in [6.45, 7) is 75.3. The zero-order chi connectivity index (χ0) is 76.5. The summed E-state index contributed by atoms with van der Waals surface area (Å²) in [6.07, 6.45) is 16.6. The van der Waals surface area contributed by atoms with Crippen molar-refractivity contribution in [2.24, 2.45) is 51.9 Å². The van der Waals surface area contributed by atoms with Crippen LogP contribution in [0.15, 0.2) is 122 Å². The van der Waals surface area contributed by atoms with Gasteiger partial charge in [-0.1, -0.05) is 237 Å². The van der Waals surface area contributed by atoms with Crippen LogP contribution in [-0.4, -0.2) is 32.3 Å². The second kappa shape index (κ2) is 35.4. The molecule has 550 valence electrons. The molecule has 0 spiro atoms. The van der Waals surface area contributed by atoms with Gasteiger partial charge in [-0.25, -0.2) is 18.3 Å². The number of aromatic nitrogens is 4. The average molecular weight is 1430 g/mol. The predicted molar refractivity (Wildman–Crippen MR) is 458 cm³/mol. The van der Waals surface area contributed by atoms with E-state index in [0.29, 0.717) is 35.5 Å². The Hall–Kier alpha value is -5.65. The summed E-state index contributed by atoms with van der Waals surface area (Å²) in [5.41, 5.74) is 28.3. The van der Waals surface area contributed by atoms with E-state index in [9.17, 15) is 0 Å². The fourth-order valence-corrected chi connectivity index (χ4v) is 21.6. The number of hydrogen-bond donors (Lipinski definition) is 0. The molecule has 8 rings (SSSR count). The van der Waals surface area contributed by atoms with E-state index in [0.717, 1.165) is 6.42 Å². The Kier molecular flexibility index (Phi) is 30.2. The maximum absolute atomic E-state index is 2.52. The summed E-state index contributed by atoms with van der Waals surface area (Å²) in [4.78, 5) is 0. The normalized spacial score (nSPS) is 12.3. The lowest BCUT2D eigenvalue weighted by Gasteiger charge is -2.23. The number of aryl methyl sites for hydroxylation is 9. The van der Waals surface area contributed by atoms with Crippen LogP contribution in [0.4, 0.5) is 0 Å². The van der Waals surface area contributed by atoms with Crippen molar-refractivity contribution in [2.75, 3.05) is 0 Å². The lowest BCUT2D eigenvalue weighted by atomic mass is 9.85. The van der Waals surface area contributed by atoms with Crippen LogP contribution in [0.25, 0.3) is 45.0 Å². The fraction of sp³-hybridized carbons (Fsp3) is 0.527. The molecule has 0 radical (unpaired) electrons. The van der Waals surface area contributed by atoms with E-state index in [1.807, 2.05) is 0 Å². The molecule has 0 amide bonds. The van der Waals surface area contributed by atoms with Gasteiger partial charge in [0, 0.05) is 68.8 Å². The van der Waals surface area contributed by atoms with Crippen LogP contribution in [0.3, 0.4) is 0 Å². The van der Waals surface area contributed by atoms with E-state index in [-0.39, 0.29) is 5.41 Å². The lowest BCUT2D eigenvalue weighted by molar-refractivity contribution is -0.660. The van der Waals surface area contributed by atoms with Crippen molar-refractivity contribution in [1.29, 1.82) is 0 Å². The molecule has 0 atom stereocenters. The van der Waals surface area contributed by atoms with Gasteiger partial charge in [0.05, 0.1) is 32.3 Å². The minimum Gasteiger partial charge on any atom is -0.201 e. The molecule has 0 N–H and O–H groups in total. The highest BCUT2D eigenvalue weighted by molar-refractivity contribution is 6.90. The summed E-state index contributed by atoms with van der Waals surface area (Å²) in [6, 6.07) is 37.8. The Labute approximate surface area is 625 Å². The Morgan fingerprint density at radius 3 is 0.911 bits per heavy atom. The zero-order valence-corrected chi connectivity index (χ0v) is 75.5. The van der Waals surface area contributed by atoms with Crippen molar-refractivity contribution >= 4 is 53.0 Å². The third-order valence-electron chi connectivity index (χ3n) is 20.4. The first-order valence-corrected chi connectivity index (χ1v) is 53.0. The minimum absolute atomic E-state index is 0.167. The van der Waals surface area contributed by atoms with E-state index in [4.69, 9.17) is 0 Å². The Balaban J connectivity index is 0.000000243. The van der Waals surface area contributed by atoms with Gasteiger partial charge in [0.2, 0.25) is 22.8 Å². The van der Waals surface area contributed by atoms with E-state index in [1.54, 1.807) is 26.3 Å². The maximum atomic E-state index is 2.52. The van der Waals surface area contributed by atoms with Gasteiger partial charge in [0.15, 0.2) is 24.8 Å². The molecule has 0 saturated carbocycles. The third-order valence-corrected chi connectivity index (χ3v) is 28.7. The minimum atomic E-state index is -1.41.